The number of carbonyl (C=O) groups is 2. The second-order valence-electron chi connectivity index (χ2n) is 2.45. The molecular formula is C9H14O2. The summed E-state index contributed by atoms with van der Waals surface area (Å²) >= 11 is 0. The highest BCUT2D eigenvalue weighted by Crippen LogP contribution is 2.00. The zero-order valence-corrected chi connectivity index (χ0v) is 6.93. The van der Waals surface area contributed by atoms with Crippen molar-refractivity contribution in [3.05, 3.63) is 12.7 Å². The topological polar surface area (TPSA) is 34.1 Å². The van der Waals surface area contributed by atoms with Gasteiger partial charge in [0.15, 0.2) is 0 Å². The van der Waals surface area contributed by atoms with Gasteiger partial charge in [0.1, 0.15) is 0 Å². The maximum Gasteiger partial charge on any atom is 0.220 e. The van der Waals surface area contributed by atoms with Crippen LogP contribution < -0.4 is 0 Å². The third kappa shape index (κ3) is 4.48. The van der Waals surface area contributed by atoms with E-state index in [1.165, 1.54) is 0 Å². The van der Waals surface area contributed by atoms with Crippen LogP contribution in [0.2, 0.25) is 0 Å². The number of allylic oxidation sites excluding steroid dienone is 1. The van der Waals surface area contributed by atoms with Gasteiger partial charge >= 0.3 is 0 Å². The van der Waals surface area contributed by atoms with Crippen LogP contribution in [0.15, 0.2) is 12.7 Å². The van der Waals surface area contributed by atoms with Gasteiger partial charge < -0.3 is 0 Å². The quantitative estimate of drug-likeness (QED) is 0.332. The van der Waals surface area contributed by atoms with Gasteiger partial charge in [-0.3, -0.25) is 9.59 Å². The van der Waals surface area contributed by atoms with Crippen LogP contribution in [-0.4, -0.2) is 11.6 Å². The summed E-state index contributed by atoms with van der Waals surface area (Å²) in [4.78, 5) is 21.5. The molecule has 0 aromatic heterocycles. The van der Waals surface area contributed by atoms with Gasteiger partial charge in [-0.05, 0) is 12.5 Å². The highest BCUT2D eigenvalue weighted by Gasteiger charge is 2.07. The average molecular weight is 154 g/mol. The fourth-order valence-electron chi connectivity index (χ4n) is 0.773. The summed E-state index contributed by atoms with van der Waals surface area (Å²) in [6.07, 6.45) is 4.34. The molecule has 0 amide bonds. The van der Waals surface area contributed by atoms with E-state index in [1.54, 1.807) is 0 Å². The van der Waals surface area contributed by atoms with E-state index in [0.717, 1.165) is 25.3 Å². The van der Waals surface area contributed by atoms with Crippen molar-refractivity contribution in [3.63, 3.8) is 0 Å². The van der Waals surface area contributed by atoms with Gasteiger partial charge in [-0.15, -0.1) is 0 Å². The SMILES string of the molecule is C=CC(=O)C(=O)CCCCC. The Balaban J connectivity index is 3.52. The molecule has 0 radical (unpaired) electrons. The zero-order chi connectivity index (χ0) is 8.69. The molecule has 0 aromatic carbocycles. The predicted octanol–water partition coefficient (Wildman–Crippen LogP) is 1.89. The number of Topliss-reactive ketones (excluding diaryl/α,β-unsaturated/α-hetero) is 1. The van der Waals surface area contributed by atoms with Crippen LogP contribution in [0.4, 0.5) is 0 Å². The fraction of sp³-hybridized carbons (Fsp3) is 0.556. The van der Waals surface area contributed by atoms with Gasteiger partial charge in [-0.2, -0.15) is 0 Å². The Labute approximate surface area is 67.3 Å². The van der Waals surface area contributed by atoms with Crippen LogP contribution in [0.1, 0.15) is 32.6 Å². The highest BCUT2D eigenvalue weighted by molar-refractivity contribution is 6.41. The number of carbonyl (C=O) groups excluding carboxylic acids is 2. The van der Waals surface area contributed by atoms with Crippen molar-refractivity contribution in [3.8, 4) is 0 Å². The van der Waals surface area contributed by atoms with E-state index in [1.807, 2.05) is 0 Å². The molecule has 0 aromatic rings. The maximum atomic E-state index is 10.8. The lowest BCUT2D eigenvalue weighted by Gasteiger charge is -1.94. The van der Waals surface area contributed by atoms with Gasteiger partial charge in [0.2, 0.25) is 11.6 Å². The van der Waals surface area contributed by atoms with Crippen LogP contribution in [0.3, 0.4) is 0 Å². The lowest BCUT2D eigenvalue weighted by molar-refractivity contribution is -0.133. The molecule has 0 unspecified atom stereocenters. The molecule has 0 aliphatic rings. The molecule has 11 heavy (non-hydrogen) atoms. The molecule has 0 saturated heterocycles. The Morgan fingerprint density at radius 1 is 1.36 bits per heavy atom. The minimum absolute atomic E-state index is 0.312. The first-order valence-corrected chi connectivity index (χ1v) is 3.92. The highest BCUT2D eigenvalue weighted by atomic mass is 16.2. The van der Waals surface area contributed by atoms with Gasteiger partial charge in [-0.25, -0.2) is 0 Å². The summed E-state index contributed by atoms with van der Waals surface area (Å²) in [5, 5.41) is 0. The molecule has 0 N–H and O–H groups in total. The number of unbranched alkanes of at least 4 members (excludes halogenated alkanes) is 2. The smallest absolute Gasteiger partial charge is 0.220 e. The van der Waals surface area contributed by atoms with Crippen LogP contribution in [-0.2, 0) is 9.59 Å². The summed E-state index contributed by atoms with van der Waals surface area (Å²) in [6, 6.07) is 0. The summed E-state index contributed by atoms with van der Waals surface area (Å²) in [5.41, 5.74) is 0. The van der Waals surface area contributed by atoms with Gasteiger partial charge in [-0.1, -0.05) is 26.3 Å². The molecule has 0 bridgehead atoms. The Morgan fingerprint density at radius 3 is 2.45 bits per heavy atom. The normalized spacial score (nSPS) is 9.18. The Kier molecular flexibility index (Phi) is 5.35. The molecular weight excluding hydrogens is 140 g/mol. The zero-order valence-electron chi connectivity index (χ0n) is 6.93. The van der Waals surface area contributed by atoms with Crippen molar-refractivity contribution in [2.75, 3.05) is 0 Å². The number of hydrogen-bond donors (Lipinski definition) is 0. The number of rotatable bonds is 6. The molecule has 62 valence electrons. The summed E-state index contributed by atoms with van der Waals surface area (Å²) in [5.74, 6) is -0.769. The van der Waals surface area contributed by atoms with Crippen LogP contribution in [0, 0.1) is 0 Å². The first-order chi connectivity index (χ1) is 5.22. The van der Waals surface area contributed by atoms with Crippen LogP contribution in [0.5, 0.6) is 0 Å². The molecule has 0 rings (SSSR count). The maximum absolute atomic E-state index is 10.8. The Hall–Kier alpha value is -0.920. The third-order valence-corrected chi connectivity index (χ3v) is 1.47. The van der Waals surface area contributed by atoms with Gasteiger partial charge in [0, 0.05) is 6.42 Å². The van der Waals surface area contributed by atoms with E-state index in [4.69, 9.17) is 0 Å². The second-order valence-corrected chi connectivity index (χ2v) is 2.45. The van der Waals surface area contributed by atoms with Gasteiger partial charge in [0.05, 0.1) is 0 Å². The first kappa shape index (κ1) is 10.1. The molecule has 2 heteroatoms. The number of ketones is 2. The molecule has 2 nitrogen and oxygen atoms in total. The van der Waals surface area contributed by atoms with E-state index >= 15 is 0 Å². The molecule has 0 atom stereocenters. The molecule has 0 spiro atoms. The van der Waals surface area contributed by atoms with Crippen molar-refractivity contribution >= 4 is 11.6 Å². The standard InChI is InChI=1S/C9H14O2/c1-3-5-6-7-9(11)8(10)4-2/h4H,2-3,5-7H2,1H3. The Bertz CT molecular complexity index is 159. The van der Waals surface area contributed by atoms with E-state index in [2.05, 4.69) is 13.5 Å². The lowest BCUT2D eigenvalue weighted by atomic mass is 10.1. The molecule has 0 aliphatic carbocycles. The fourth-order valence-corrected chi connectivity index (χ4v) is 0.773. The predicted molar refractivity (Wildman–Crippen MR) is 44.4 cm³/mol. The minimum Gasteiger partial charge on any atom is -0.291 e. The third-order valence-electron chi connectivity index (χ3n) is 1.47. The van der Waals surface area contributed by atoms with Gasteiger partial charge in [0.25, 0.3) is 0 Å². The van der Waals surface area contributed by atoms with Crippen molar-refractivity contribution < 1.29 is 9.59 Å². The summed E-state index contributed by atoms with van der Waals surface area (Å²) in [6.45, 7) is 5.29. The van der Waals surface area contributed by atoms with Crippen molar-refractivity contribution in [1.82, 2.24) is 0 Å². The van der Waals surface area contributed by atoms with Crippen LogP contribution >= 0.6 is 0 Å². The van der Waals surface area contributed by atoms with E-state index in [9.17, 15) is 9.59 Å². The van der Waals surface area contributed by atoms with Crippen LogP contribution in [0.25, 0.3) is 0 Å². The summed E-state index contributed by atoms with van der Waals surface area (Å²) in [7, 11) is 0. The lowest BCUT2D eigenvalue weighted by Crippen LogP contribution is -2.09. The molecule has 0 fully saturated rings. The van der Waals surface area contributed by atoms with Crippen molar-refractivity contribution in [2.24, 2.45) is 0 Å². The molecule has 0 heterocycles. The second kappa shape index (κ2) is 5.83. The van der Waals surface area contributed by atoms with Crippen molar-refractivity contribution in [2.45, 2.75) is 32.6 Å². The summed E-state index contributed by atoms with van der Waals surface area (Å²) < 4.78 is 0. The molecule has 0 saturated carbocycles. The molecule has 0 aliphatic heterocycles. The Morgan fingerprint density at radius 2 is 2.00 bits per heavy atom. The minimum atomic E-state index is -0.457. The van der Waals surface area contributed by atoms with E-state index in [0.29, 0.717) is 6.42 Å². The average Bonchev–Trinajstić information content (AvgIpc) is 2.03. The number of hydrogen-bond acceptors (Lipinski definition) is 2. The largest absolute Gasteiger partial charge is 0.291 e. The van der Waals surface area contributed by atoms with E-state index in [-0.39, 0.29) is 5.78 Å². The van der Waals surface area contributed by atoms with Crippen molar-refractivity contribution in [1.29, 1.82) is 0 Å². The van der Waals surface area contributed by atoms with E-state index < -0.39 is 5.78 Å². The first-order valence-electron chi connectivity index (χ1n) is 3.92. The monoisotopic (exact) mass is 154 g/mol.